The summed E-state index contributed by atoms with van der Waals surface area (Å²) in [6.45, 7) is 0.361. The summed E-state index contributed by atoms with van der Waals surface area (Å²) in [6, 6.07) is 3.35. The van der Waals surface area contributed by atoms with Gasteiger partial charge in [0.25, 0.3) is 0 Å². The second-order valence-corrected chi connectivity index (χ2v) is 3.78. The van der Waals surface area contributed by atoms with Crippen LogP contribution in [0.2, 0.25) is 5.15 Å². The molecule has 0 unspecified atom stereocenters. The Morgan fingerprint density at radius 3 is 3.05 bits per heavy atom. The SMILES string of the molecule is [N-]=[N+]=NCCC#Cc1cnn(-c2ccc(Cl)nn2)c1. The van der Waals surface area contributed by atoms with E-state index in [1.54, 1.807) is 29.2 Å². The molecular formula is C11H8ClN7. The smallest absolute Gasteiger partial charge is 0.175 e. The summed E-state index contributed by atoms with van der Waals surface area (Å²) in [5.74, 6) is 6.36. The molecule has 0 radical (unpaired) electrons. The van der Waals surface area contributed by atoms with E-state index in [4.69, 9.17) is 17.1 Å². The molecule has 0 amide bonds. The minimum atomic E-state index is 0.328. The van der Waals surface area contributed by atoms with E-state index in [0.29, 0.717) is 23.9 Å². The van der Waals surface area contributed by atoms with Crippen LogP contribution in [0.25, 0.3) is 16.3 Å². The maximum atomic E-state index is 8.11. The van der Waals surface area contributed by atoms with Gasteiger partial charge in [-0.15, -0.1) is 10.2 Å². The minimum absolute atomic E-state index is 0.328. The zero-order valence-electron chi connectivity index (χ0n) is 9.73. The minimum Gasteiger partial charge on any atom is -0.220 e. The van der Waals surface area contributed by atoms with E-state index < -0.39 is 0 Å². The normalized spacial score (nSPS) is 9.32. The molecule has 2 aromatic rings. The average molecular weight is 274 g/mol. The first-order chi connectivity index (χ1) is 9.29. The van der Waals surface area contributed by atoms with Crippen LogP contribution in [0.3, 0.4) is 0 Å². The average Bonchev–Trinajstić information content (AvgIpc) is 2.88. The molecule has 0 aliphatic heterocycles. The molecule has 2 rings (SSSR count). The fraction of sp³-hybridized carbons (Fsp3) is 0.182. The summed E-state index contributed by atoms with van der Waals surface area (Å²) in [6.07, 6.45) is 3.87. The van der Waals surface area contributed by atoms with Crippen molar-refractivity contribution in [1.82, 2.24) is 20.0 Å². The lowest BCUT2D eigenvalue weighted by Gasteiger charge is -1.96. The summed E-state index contributed by atoms with van der Waals surface area (Å²) >= 11 is 5.65. The topological polar surface area (TPSA) is 92.4 Å². The van der Waals surface area contributed by atoms with Gasteiger partial charge in [-0.3, -0.25) is 0 Å². The van der Waals surface area contributed by atoms with Gasteiger partial charge in [-0.05, 0) is 17.7 Å². The molecule has 2 heterocycles. The van der Waals surface area contributed by atoms with Gasteiger partial charge < -0.3 is 0 Å². The fourth-order valence-electron chi connectivity index (χ4n) is 1.26. The van der Waals surface area contributed by atoms with Crippen LogP contribution >= 0.6 is 11.6 Å². The second-order valence-electron chi connectivity index (χ2n) is 3.39. The van der Waals surface area contributed by atoms with Gasteiger partial charge in [0.05, 0.1) is 11.8 Å². The van der Waals surface area contributed by atoms with E-state index in [2.05, 4.69) is 37.2 Å². The van der Waals surface area contributed by atoms with Gasteiger partial charge in [0.15, 0.2) is 11.0 Å². The number of halogens is 1. The summed E-state index contributed by atoms with van der Waals surface area (Å²) in [4.78, 5) is 2.65. The zero-order valence-corrected chi connectivity index (χ0v) is 10.5. The van der Waals surface area contributed by atoms with E-state index in [1.165, 1.54) is 0 Å². The van der Waals surface area contributed by atoms with E-state index in [9.17, 15) is 0 Å². The largest absolute Gasteiger partial charge is 0.220 e. The second kappa shape index (κ2) is 6.40. The molecule has 0 bridgehead atoms. The van der Waals surface area contributed by atoms with Gasteiger partial charge in [0.1, 0.15) is 0 Å². The highest BCUT2D eigenvalue weighted by Gasteiger charge is 2.00. The van der Waals surface area contributed by atoms with Crippen LogP contribution in [0, 0.1) is 11.8 Å². The van der Waals surface area contributed by atoms with Gasteiger partial charge in [-0.2, -0.15) is 5.10 Å². The summed E-state index contributed by atoms with van der Waals surface area (Å²) in [5, 5.41) is 15.5. The highest BCUT2D eigenvalue weighted by Crippen LogP contribution is 2.07. The predicted octanol–water partition coefficient (Wildman–Crippen LogP) is 2.37. The molecule has 2 aromatic heterocycles. The van der Waals surface area contributed by atoms with Crippen LogP contribution in [0.4, 0.5) is 0 Å². The Balaban J connectivity index is 2.06. The molecule has 0 spiro atoms. The summed E-state index contributed by atoms with van der Waals surface area (Å²) in [7, 11) is 0. The van der Waals surface area contributed by atoms with E-state index in [0.717, 1.165) is 5.56 Å². The van der Waals surface area contributed by atoms with Gasteiger partial charge in [0, 0.05) is 24.1 Å². The Morgan fingerprint density at radius 2 is 2.32 bits per heavy atom. The number of hydrogen-bond acceptors (Lipinski definition) is 4. The van der Waals surface area contributed by atoms with Crippen LogP contribution in [0.15, 0.2) is 29.6 Å². The number of azide groups is 1. The van der Waals surface area contributed by atoms with Crippen LogP contribution in [0.1, 0.15) is 12.0 Å². The third-order valence-electron chi connectivity index (χ3n) is 2.07. The lowest BCUT2D eigenvalue weighted by atomic mass is 10.3. The van der Waals surface area contributed by atoms with Gasteiger partial charge in [0.2, 0.25) is 0 Å². The van der Waals surface area contributed by atoms with Crippen molar-refractivity contribution in [2.45, 2.75) is 6.42 Å². The van der Waals surface area contributed by atoms with Crippen molar-refractivity contribution in [3.05, 3.63) is 45.7 Å². The molecule has 0 aromatic carbocycles. The Morgan fingerprint density at radius 1 is 1.42 bits per heavy atom. The predicted molar refractivity (Wildman–Crippen MR) is 69.7 cm³/mol. The van der Waals surface area contributed by atoms with E-state index in [1.807, 2.05) is 0 Å². The van der Waals surface area contributed by atoms with Crippen molar-refractivity contribution in [1.29, 1.82) is 0 Å². The van der Waals surface area contributed by atoms with Crippen LogP contribution in [0.5, 0.6) is 0 Å². The summed E-state index contributed by atoms with van der Waals surface area (Å²) in [5.41, 5.74) is 8.85. The van der Waals surface area contributed by atoms with Gasteiger partial charge in [-0.25, -0.2) is 4.68 Å². The maximum absolute atomic E-state index is 8.11. The molecule has 0 atom stereocenters. The molecule has 8 heteroatoms. The molecule has 7 nitrogen and oxygen atoms in total. The van der Waals surface area contributed by atoms with Crippen molar-refractivity contribution in [3.8, 4) is 17.7 Å². The zero-order chi connectivity index (χ0) is 13.5. The van der Waals surface area contributed by atoms with Crippen LogP contribution < -0.4 is 0 Å². The Bertz CT molecular complexity index is 658. The van der Waals surface area contributed by atoms with Crippen molar-refractivity contribution in [3.63, 3.8) is 0 Å². The lowest BCUT2D eigenvalue weighted by Crippen LogP contribution is -1.98. The molecule has 0 saturated heterocycles. The number of rotatable bonds is 3. The highest BCUT2D eigenvalue weighted by atomic mass is 35.5. The maximum Gasteiger partial charge on any atom is 0.175 e. The highest BCUT2D eigenvalue weighted by molar-refractivity contribution is 6.29. The number of hydrogen-bond donors (Lipinski definition) is 0. The third-order valence-corrected chi connectivity index (χ3v) is 2.27. The van der Waals surface area contributed by atoms with Crippen LogP contribution in [-0.2, 0) is 0 Å². The molecule has 19 heavy (non-hydrogen) atoms. The molecular weight excluding hydrogens is 266 g/mol. The van der Waals surface area contributed by atoms with Crippen LogP contribution in [-0.4, -0.2) is 26.5 Å². The quantitative estimate of drug-likeness (QED) is 0.282. The fourth-order valence-corrected chi connectivity index (χ4v) is 1.36. The third kappa shape index (κ3) is 3.71. The van der Waals surface area contributed by atoms with Gasteiger partial charge >= 0.3 is 0 Å². The number of nitrogens with zero attached hydrogens (tertiary/aromatic N) is 7. The van der Waals surface area contributed by atoms with E-state index in [-0.39, 0.29) is 0 Å². The Kier molecular flexibility index (Phi) is 4.34. The van der Waals surface area contributed by atoms with E-state index >= 15 is 0 Å². The molecule has 0 saturated carbocycles. The Labute approximate surface area is 113 Å². The molecule has 0 aliphatic rings. The van der Waals surface area contributed by atoms with Crippen molar-refractivity contribution in [2.24, 2.45) is 5.11 Å². The standard InChI is InChI=1S/C11H8ClN7/c12-10-4-5-11(17-16-10)19-8-9(7-15-19)3-1-2-6-14-18-13/h4-5,7-8H,2,6H2. The molecule has 94 valence electrons. The molecule has 0 fully saturated rings. The first-order valence-electron chi connectivity index (χ1n) is 5.33. The first kappa shape index (κ1) is 12.9. The van der Waals surface area contributed by atoms with Crippen molar-refractivity contribution in [2.75, 3.05) is 6.54 Å². The monoisotopic (exact) mass is 273 g/mol. The molecule has 0 aliphatic carbocycles. The molecule has 0 N–H and O–H groups in total. The van der Waals surface area contributed by atoms with Crippen molar-refractivity contribution < 1.29 is 0 Å². The van der Waals surface area contributed by atoms with Gasteiger partial charge in [-0.1, -0.05) is 28.6 Å². The lowest BCUT2D eigenvalue weighted by molar-refractivity contribution is 0.814. The first-order valence-corrected chi connectivity index (χ1v) is 5.71. The van der Waals surface area contributed by atoms with Crippen molar-refractivity contribution >= 4 is 11.6 Å². The Hall–Kier alpha value is -2.55. The number of aromatic nitrogens is 4. The summed E-state index contributed by atoms with van der Waals surface area (Å²) < 4.78 is 1.56.